The molecule has 14 heavy (non-hydrogen) atoms. The van der Waals surface area contributed by atoms with E-state index in [1.807, 2.05) is 0 Å². The lowest BCUT2D eigenvalue weighted by Gasteiger charge is -2.29. The van der Waals surface area contributed by atoms with Gasteiger partial charge in [0.15, 0.2) is 0 Å². The van der Waals surface area contributed by atoms with Crippen molar-refractivity contribution in [2.24, 2.45) is 5.92 Å². The number of alkyl halides is 1. The maximum absolute atomic E-state index is 6.26. The Kier molecular flexibility index (Phi) is 3.69. The van der Waals surface area contributed by atoms with Crippen LogP contribution in [0.1, 0.15) is 32.6 Å². The molecule has 4 atom stereocenters. The largest absolute Gasteiger partial charge is 0.381 e. The molecule has 0 aromatic carbocycles. The molecule has 0 spiro atoms. The molecule has 0 aromatic heterocycles. The van der Waals surface area contributed by atoms with Gasteiger partial charge in [-0.25, -0.2) is 0 Å². The SMILES string of the molecule is CC1CCC(CC2COCCC2Cl)O1. The monoisotopic (exact) mass is 218 g/mol. The third-order valence-corrected chi connectivity index (χ3v) is 3.84. The van der Waals surface area contributed by atoms with E-state index in [2.05, 4.69) is 6.92 Å². The molecule has 2 saturated heterocycles. The Labute approximate surface area is 90.9 Å². The van der Waals surface area contributed by atoms with E-state index in [4.69, 9.17) is 21.1 Å². The lowest BCUT2D eigenvalue weighted by Crippen LogP contribution is -2.31. The van der Waals surface area contributed by atoms with Crippen LogP contribution in [-0.4, -0.2) is 30.8 Å². The third kappa shape index (κ3) is 2.62. The fourth-order valence-corrected chi connectivity index (χ4v) is 2.65. The highest BCUT2D eigenvalue weighted by molar-refractivity contribution is 6.20. The van der Waals surface area contributed by atoms with Crippen LogP contribution in [0.15, 0.2) is 0 Å². The molecule has 3 heteroatoms. The molecule has 2 rings (SSSR count). The van der Waals surface area contributed by atoms with Gasteiger partial charge in [-0.3, -0.25) is 0 Å². The van der Waals surface area contributed by atoms with Crippen molar-refractivity contribution in [2.45, 2.75) is 50.2 Å². The van der Waals surface area contributed by atoms with Crippen LogP contribution in [0.5, 0.6) is 0 Å². The maximum Gasteiger partial charge on any atom is 0.0583 e. The van der Waals surface area contributed by atoms with Crippen molar-refractivity contribution in [2.75, 3.05) is 13.2 Å². The maximum atomic E-state index is 6.26. The summed E-state index contributed by atoms with van der Waals surface area (Å²) in [6.07, 6.45) is 5.34. The first-order valence-electron chi connectivity index (χ1n) is 5.63. The molecule has 82 valence electrons. The highest BCUT2D eigenvalue weighted by Crippen LogP contribution is 2.30. The fraction of sp³-hybridized carbons (Fsp3) is 1.00. The van der Waals surface area contributed by atoms with Gasteiger partial charge in [-0.1, -0.05) is 0 Å². The van der Waals surface area contributed by atoms with Crippen LogP contribution in [0.4, 0.5) is 0 Å². The van der Waals surface area contributed by atoms with E-state index in [-0.39, 0.29) is 0 Å². The zero-order chi connectivity index (χ0) is 9.97. The fourth-order valence-electron chi connectivity index (χ4n) is 2.38. The molecular formula is C11H19ClO2. The molecule has 2 aliphatic rings. The first-order valence-corrected chi connectivity index (χ1v) is 6.06. The Morgan fingerprint density at radius 2 is 2.14 bits per heavy atom. The molecule has 0 radical (unpaired) electrons. The van der Waals surface area contributed by atoms with E-state index < -0.39 is 0 Å². The predicted octanol–water partition coefficient (Wildman–Crippen LogP) is 2.59. The van der Waals surface area contributed by atoms with Crippen molar-refractivity contribution in [3.05, 3.63) is 0 Å². The van der Waals surface area contributed by atoms with Crippen molar-refractivity contribution in [1.82, 2.24) is 0 Å². The Hall–Kier alpha value is 0.210. The van der Waals surface area contributed by atoms with Gasteiger partial charge in [0, 0.05) is 17.9 Å². The smallest absolute Gasteiger partial charge is 0.0583 e. The minimum Gasteiger partial charge on any atom is -0.381 e. The van der Waals surface area contributed by atoms with E-state index >= 15 is 0 Å². The summed E-state index contributed by atoms with van der Waals surface area (Å²) in [4.78, 5) is 0. The van der Waals surface area contributed by atoms with Gasteiger partial charge in [-0.05, 0) is 32.6 Å². The second kappa shape index (κ2) is 4.82. The number of halogens is 1. The minimum absolute atomic E-state index is 0.295. The molecular weight excluding hydrogens is 200 g/mol. The average molecular weight is 219 g/mol. The van der Waals surface area contributed by atoms with E-state index in [9.17, 15) is 0 Å². The Balaban J connectivity index is 1.78. The van der Waals surface area contributed by atoms with Crippen LogP contribution in [0.25, 0.3) is 0 Å². The minimum atomic E-state index is 0.295. The van der Waals surface area contributed by atoms with E-state index in [1.165, 1.54) is 12.8 Å². The van der Waals surface area contributed by atoms with Crippen molar-refractivity contribution in [3.63, 3.8) is 0 Å². The zero-order valence-electron chi connectivity index (χ0n) is 8.75. The van der Waals surface area contributed by atoms with Crippen molar-refractivity contribution >= 4 is 11.6 Å². The first kappa shape index (κ1) is 10.7. The molecule has 4 unspecified atom stereocenters. The molecule has 2 fully saturated rings. The lowest BCUT2D eigenvalue weighted by molar-refractivity contribution is 0.00522. The standard InChI is InChI=1S/C11H19ClO2/c1-8-2-3-10(14-8)6-9-7-13-5-4-11(9)12/h8-11H,2-7H2,1H3. The van der Waals surface area contributed by atoms with E-state index in [0.29, 0.717) is 23.5 Å². The molecule has 2 heterocycles. The molecule has 2 aliphatic heterocycles. The Morgan fingerprint density at radius 3 is 2.79 bits per heavy atom. The van der Waals surface area contributed by atoms with Crippen LogP contribution in [0.2, 0.25) is 0 Å². The van der Waals surface area contributed by atoms with Gasteiger partial charge in [-0.15, -0.1) is 11.6 Å². The summed E-state index contributed by atoms with van der Waals surface area (Å²) in [5, 5.41) is 0.295. The second-order valence-electron chi connectivity index (χ2n) is 4.52. The zero-order valence-corrected chi connectivity index (χ0v) is 9.50. The first-order chi connectivity index (χ1) is 6.75. The quantitative estimate of drug-likeness (QED) is 0.664. The molecule has 0 saturated carbocycles. The highest BCUT2D eigenvalue weighted by atomic mass is 35.5. The van der Waals surface area contributed by atoms with Crippen LogP contribution in [0, 0.1) is 5.92 Å². The summed E-state index contributed by atoms with van der Waals surface area (Å²) in [5.74, 6) is 0.501. The summed E-state index contributed by atoms with van der Waals surface area (Å²) < 4.78 is 11.2. The van der Waals surface area contributed by atoms with Gasteiger partial charge in [0.25, 0.3) is 0 Å². The van der Waals surface area contributed by atoms with Gasteiger partial charge in [0.1, 0.15) is 0 Å². The number of hydrogen-bond donors (Lipinski definition) is 0. The normalized spacial score (nSPS) is 44.1. The van der Waals surface area contributed by atoms with Crippen molar-refractivity contribution in [1.29, 1.82) is 0 Å². The Bertz CT molecular complexity index is 186. The third-order valence-electron chi connectivity index (χ3n) is 3.27. The van der Waals surface area contributed by atoms with Gasteiger partial charge in [-0.2, -0.15) is 0 Å². The van der Waals surface area contributed by atoms with Gasteiger partial charge in [0.05, 0.1) is 18.8 Å². The van der Waals surface area contributed by atoms with Gasteiger partial charge in [0.2, 0.25) is 0 Å². The van der Waals surface area contributed by atoms with E-state index in [0.717, 1.165) is 26.1 Å². The molecule has 0 bridgehead atoms. The van der Waals surface area contributed by atoms with E-state index in [1.54, 1.807) is 0 Å². The predicted molar refractivity (Wildman–Crippen MR) is 56.8 cm³/mol. The number of rotatable bonds is 2. The van der Waals surface area contributed by atoms with Gasteiger partial charge >= 0.3 is 0 Å². The average Bonchev–Trinajstić information content (AvgIpc) is 2.56. The molecule has 0 N–H and O–H groups in total. The summed E-state index contributed by atoms with van der Waals surface area (Å²) in [5.41, 5.74) is 0. The van der Waals surface area contributed by atoms with Crippen LogP contribution in [-0.2, 0) is 9.47 Å². The van der Waals surface area contributed by atoms with Crippen LogP contribution in [0.3, 0.4) is 0 Å². The van der Waals surface area contributed by atoms with Crippen LogP contribution < -0.4 is 0 Å². The van der Waals surface area contributed by atoms with Crippen LogP contribution >= 0.6 is 11.6 Å². The summed E-state index contributed by atoms with van der Waals surface area (Å²) in [6.45, 7) is 3.80. The molecule has 0 aliphatic carbocycles. The molecule has 2 nitrogen and oxygen atoms in total. The highest BCUT2D eigenvalue weighted by Gasteiger charge is 2.30. The molecule has 0 amide bonds. The summed E-state index contributed by atoms with van der Waals surface area (Å²) in [6, 6.07) is 0. The van der Waals surface area contributed by atoms with Crippen molar-refractivity contribution in [3.8, 4) is 0 Å². The topological polar surface area (TPSA) is 18.5 Å². The number of ether oxygens (including phenoxy) is 2. The second-order valence-corrected chi connectivity index (χ2v) is 5.08. The number of hydrogen-bond acceptors (Lipinski definition) is 2. The lowest BCUT2D eigenvalue weighted by atomic mass is 9.94. The summed E-state index contributed by atoms with van der Waals surface area (Å²) >= 11 is 6.26. The van der Waals surface area contributed by atoms with Gasteiger partial charge < -0.3 is 9.47 Å². The van der Waals surface area contributed by atoms with Crippen molar-refractivity contribution < 1.29 is 9.47 Å². The molecule has 0 aromatic rings. The summed E-state index contributed by atoms with van der Waals surface area (Å²) in [7, 11) is 0. The Morgan fingerprint density at radius 1 is 1.29 bits per heavy atom.